The molecule has 0 saturated carbocycles. The second-order valence-corrected chi connectivity index (χ2v) is 6.60. The molecule has 0 fully saturated rings. The van der Waals surface area contributed by atoms with Crippen LogP contribution in [0, 0.1) is 0 Å². The second kappa shape index (κ2) is 5.75. The Kier molecular flexibility index (Phi) is 5.67. The fraction of sp³-hybridized carbons (Fsp3) is 1.00. The van der Waals surface area contributed by atoms with Gasteiger partial charge in [-0.1, -0.05) is 0 Å². The highest BCUT2D eigenvalue weighted by Gasteiger charge is 2.13. The molecule has 0 heterocycles. The molecule has 0 radical (unpaired) electrons. The van der Waals surface area contributed by atoms with Gasteiger partial charge < -0.3 is 4.90 Å². The Balaban J connectivity index is 3.96. The van der Waals surface area contributed by atoms with Crippen LogP contribution in [0.15, 0.2) is 0 Å². The standard InChI is InChI=1S/C6H15NO6S2/c1-7(2)3-5-14(8,9)6-4-13-15(10,11)12/h3-6H2,1-2H3,(H,10,11,12). The van der Waals surface area contributed by atoms with Crippen LogP contribution in [0.2, 0.25) is 0 Å². The van der Waals surface area contributed by atoms with Gasteiger partial charge in [0.1, 0.15) is 0 Å². The molecule has 0 atom stereocenters. The molecule has 0 amide bonds. The maximum Gasteiger partial charge on any atom is 0.397 e. The van der Waals surface area contributed by atoms with Crippen molar-refractivity contribution in [1.29, 1.82) is 0 Å². The van der Waals surface area contributed by atoms with Gasteiger partial charge >= 0.3 is 10.4 Å². The Bertz CT molecular complexity index is 370. The molecule has 0 aromatic carbocycles. The van der Waals surface area contributed by atoms with Crippen molar-refractivity contribution in [3.8, 4) is 0 Å². The van der Waals surface area contributed by atoms with E-state index in [2.05, 4.69) is 4.18 Å². The summed E-state index contributed by atoms with van der Waals surface area (Å²) in [6.45, 7) is -0.206. The highest BCUT2D eigenvalue weighted by atomic mass is 32.3. The Labute approximate surface area is 89.9 Å². The highest BCUT2D eigenvalue weighted by molar-refractivity contribution is 7.91. The zero-order valence-electron chi connectivity index (χ0n) is 8.58. The lowest BCUT2D eigenvalue weighted by molar-refractivity contribution is 0.283. The number of nitrogens with zero attached hydrogens (tertiary/aromatic N) is 1. The van der Waals surface area contributed by atoms with Crippen LogP contribution < -0.4 is 0 Å². The van der Waals surface area contributed by atoms with Gasteiger partial charge in [0.05, 0.1) is 18.1 Å². The Morgan fingerprint density at radius 1 is 1.13 bits per heavy atom. The van der Waals surface area contributed by atoms with Crippen LogP contribution in [0.25, 0.3) is 0 Å². The monoisotopic (exact) mass is 261 g/mol. The molecule has 92 valence electrons. The summed E-state index contributed by atoms with van der Waals surface area (Å²) < 4.78 is 54.8. The van der Waals surface area contributed by atoms with E-state index in [1.807, 2.05) is 0 Å². The third kappa shape index (κ3) is 10.1. The average molecular weight is 261 g/mol. The Hall–Kier alpha value is -0.220. The summed E-state index contributed by atoms with van der Waals surface area (Å²) >= 11 is 0. The van der Waals surface area contributed by atoms with Gasteiger partial charge in [0.15, 0.2) is 9.84 Å². The Morgan fingerprint density at radius 3 is 2.07 bits per heavy atom. The van der Waals surface area contributed by atoms with E-state index >= 15 is 0 Å². The van der Waals surface area contributed by atoms with Gasteiger partial charge in [-0.3, -0.25) is 4.55 Å². The van der Waals surface area contributed by atoms with E-state index in [1.165, 1.54) is 0 Å². The third-order valence-electron chi connectivity index (χ3n) is 1.48. The largest absolute Gasteiger partial charge is 0.397 e. The minimum absolute atomic E-state index is 0.0746. The van der Waals surface area contributed by atoms with Gasteiger partial charge in [-0.15, -0.1) is 0 Å². The first-order valence-electron chi connectivity index (χ1n) is 4.09. The topological polar surface area (TPSA) is 101 Å². The lowest BCUT2D eigenvalue weighted by atomic mass is 10.7. The summed E-state index contributed by atoms with van der Waals surface area (Å²) in [5, 5.41) is 0. The van der Waals surface area contributed by atoms with Crippen LogP contribution in [0.1, 0.15) is 0 Å². The van der Waals surface area contributed by atoms with E-state index in [0.717, 1.165) is 0 Å². The van der Waals surface area contributed by atoms with Crippen LogP contribution in [0.5, 0.6) is 0 Å². The summed E-state index contributed by atoms with van der Waals surface area (Å²) in [5.41, 5.74) is 0. The van der Waals surface area contributed by atoms with Gasteiger partial charge in [-0.25, -0.2) is 12.6 Å². The first-order chi connectivity index (χ1) is 6.62. The van der Waals surface area contributed by atoms with Crippen molar-refractivity contribution in [3.05, 3.63) is 0 Å². The van der Waals surface area contributed by atoms with Crippen LogP contribution in [0.4, 0.5) is 0 Å². The van der Waals surface area contributed by atoms with Crippen LogP contribution in [-0.4, -0.2) is 65.0 Å². The molecule has 1 N–H and O–H groups in total. The molecule has 0 bridgehead atoms. The molecule has 0 aliphatic rings. The van der Waals surface area contributed by atoms with Crippen LogP contribution in [0.3, 0.4) is 0 Å². The second-order valence-electron chi connectivity index (χ2n) is 3.20. The van der Waals surface area contributed by atoms with Crippen molar-refractivity contribution in [2.24, 2.45) is 0 Å². The van der Waals surface area contributed by atoms with Gasteiger partial charge in [0.2, 0.25) is 0 Å². The van der Waals surface area contributed by atoms with Crippen molar-refractivity contribution in [2.75, 3.05) is 38.8 Å². The fourth-order valence-corrected chi connectivity index (χ4v) is 2.27. The molecule has 0 aliphatic heterocycles. The van der Waals surface area contributed by atoms with Gasteiger partial charge in [0, 0.05) is 6.54 Å². The molecule has 7 nitrogen and oxygen atoms in total. The third-order valence-corrected chi connectivity index (χ3v) is 3.53. The lowest BCUT2D eigenvalue weighted by Crippen LogP contribution is -2.25. The average Bonchev–Trinajstić information content (AvgIpc) is 1.98. The predicted octanol–water partition coefficient (Wildman–Crippen LogP) is -1.22. The normalized spacial score (nSPS) is 13.3. The van der Waals surface area contributed by atoms with E-state index in [0.29, 0.717) is 6.54 Å². The molecule has 9 heteroatoms. The zero-order chi connectivity index (χ0) is 12.1. The smallest absolute Gasteiger partial charge is 0.308 e. The molecule has 0 rings (SSSR count). The van der Waals surface area contributed by atoms with Crippen molar-refractivity contribution < 1.29 is 25.6 Å². The van der Waals surface area contributed by atoms with Crippen LogP contribution in [-0.2, 0) is 24.4 Å². The maximum absolute atomic E-state index is 11.2. The van der Waals surface area contributed by atoms with Gasteiger partial charge in [-0.05, 0) is 14.1 Å². The molecule has 0 unspecified atom stereocenters. The summed E-state index contributed by atoms with van der Waals surface area (Å²) in [6.07, 6.45) is 0. The number of hydrogen-bond donors (Lipinski definition) is 1. The molecule has 0 spiro atoms. The lowest BCUT2D eigenvalue weighted by Gasteiger charge is -2.09. The summed E-state index contributed by atoms with van der Waals surface area (Å²) in [6, 6.07) is 0. The van der Waals surface area contributed by atoms with E-state index in [4.69, 9.17) is 4.55 Å². The van der Waals surface area contributed by atoms with Crippen molar-refractivity contribution >= 4 is 20.2 Å². The number of sulfone groups is 1. The molecule has 0 aromatic rings. The zero-order valence-corrected chi connectivity index (χ0v) is 10.2. The Morgan fingerprint density at radius 2 is 1.67 bits per heavy atom. The first kappa shape index (κ1) is 14.8. The summed E-state index contributed by atoms with van der Waals surface area (Å²) in [5.74, 6) is -0.504. The summed E-state index contributed by atoms with van der Waals surface area (Å²) in [4.78, 5) is 1.70. The quantitative estimate of drug-likeness (QED) is 0.573. The number of hydrogen-bond acceptors (Lipinski definition) is 6. The van der Waals surface area contributed by atoms with Gasteiger partial charge in [-0.2, -0.15) is 8.42 Å². The highest BCUT2D eigenvalue weighted by Crippen LogP contribution is 1.94. The molecular formula is C6H15NO6S2. The first-order valence-corrected chi connectivity index (χ1v) is 7.28. The molecule has 15 heavy (non-hydrogen) atoms. The van der Waals surface area contributed by atoms with Crippen molar-refractivity contribution in [1.82, 2.24) is 4.90 Å². The van der Waals surface area contributed by atoms with Crippen molar-refractivity contribution in [3.63, 3.8) is 0 Å². The molecule has 0 aromatic heterocycles. The number of rotatable bonds is 7. The molecular weight excluding hydrogens is 246 g/mol. The molecule has 0 saturated heterocycles. The van der Waals surface area contributed by atoms with Gasteiger partial charge in [0.25, 0.3) is 0 Å². The van der Waals surface area contributed by atoms with E-state index < -0.39 is 32.6 Å². The fourth-order valence-electron chi connectivity index (χ4n) is 0.690. The summed E-state index contributed by atoms with van der Waals surface area (Å²) in [7, 11) is -4.44. The molecule has 0 aliphatic carbocycles. The SMILES string of the molecule is CN(C)CCS(=O)(=O)CCOS(=O)(=O)O. The minimum Gasteiger partial charge on any atom is -0.308 e. The maximum atomic E-state index is 11.2. The van der Waals surface area contributed by atoms with E-state index in [1.54, 1.807) is 19.0 Å². The predicted molar refractivity (Wildman–Crippen MR) is 54.7 cm³/mol. The van der Waals surface area contributed by atoms with Crippen LogP contribution >= 0.6 is 0 Å². The van der Waals surface area contributed by atoms with Crippen molar-refractivity contribution in [2.45, 2.75) is 0 Å². The minimum atomic E-state index is -4.55. The van der Waals surface area contributed by atoms with E-state index in [9.17, 15) is 16.8 Å². The van der Waals surface area contributed by atoms with E-state index in [-0.39, 0.29) is 5.75 Å².